The molecule has 1 aliphatic heterocycles. The quantitative estimate of drug-likeness (QED) is 0.535. The molecule has 1 aromatic heterocycles. The molecule has 2 rings (SSSR count). The molecule has 1 amide bonds. The lowest BCUT2D eigenvalue weighted by atomic mass is 10.2. The number of aliphatic hydroxyl groups is 1. The summed E-state index contributed by atoms with van der Waals surface area (Å²) >= 11 is 1.07. The first-order chi connectivity index (χ1) is 7.65. The molecule has 1 fully saturated rings. The van der Waals surface area contributed by atoms with Crippen LogP contribution in [0.15, 0.2) is 10.2 Å². The van der Waals surface area contributed by atoms with Crippen LogP contribution in [0.3, 0.4) is 0 Å². The molecule has 0 radical (unpaired) electrons. The SMILES string of the molecule is O=C(NCc1csc(=O)[nH]1)C1CC(O)CN1. The highest BCUT2D eigenvalue weighted by Gasteiger charge is 2.27. The minimum absolute atomic E-state index is 0.126. The van der Waals surface area contributed by atoms with E-state index in [1.807, 2.05) is 0 Å². The van der Waals surface area contributed by atoms with E-state index in [-0.39, 0.29) is 16.8 Å². The molecule has 0 spiro atoms. The lowest BCUT2D eigenvalue weighted by Crippen LogP contribution is -2.40. The van der Waals surface area contributed by atoms with Crippen molar-refractivity contribution in [1.82, 2.24) is 15.6 Å². The van der Waals surface area contributed by atoms with Crippen LogP contribution in [0.2, 0.25) is 0 Å². The van der Waals surface area contributed by atoms with Crippen molar-refractivity contribution < 1.29 is 9.90 Å². The molecule has 16 heavy (non-hydrogen) atoms. The van der Waals surface area contributed by atoms with Crippen molar-refractivity contribution in [3.05, 3.63) is 20.7 Å². The molecule has 7 heteroatoms. The van der Waals surface area contributed by atoms with Gasteiger partial charge >= 0.3 is 4.87 Å². The zero-order valence-corrected chi connectivity index (χ0v) is 9.34. The number of hydrogen-bond acceptors (Lipinski definition) is 5. The number of amides is 1. The fourth-order valence-corrected chi connectivity index (χ4v) is 2.20. The van der Waals surface area contributed by atoms with E-state index in [0.29, 0.717) is 25.2 Å². The summed E-state index contributed by atoms with van der Waals surface area (Å²) in [5.41, 5.74) is 0.696. The maximum atomic E-state index is 11.6. The molecule has 0 aromatic carbocycles. The van der Waals surface area contributed by atoms with Crippen LogP contribution in [0.25, 0.3) is 0 Å². The van der Waals surface area contributed by atoms with Crippen LogP contribution >= 0.6 is 11.3 Å². The number of aliphatic hydroxyl groups excluding tert-OH is 1. The number of carbonyl (C=O) groups is 1. The molecule has 4 N–H and O–H groups in total. The monoisotopic (exact) mass is 243 g/mol. The second kappa shape index (κ2) is 4.77. The lowest BCUT2D eigenvalue weighted by molar-refractivity contribution is -0.123. The maximum Gasteiger partial charge on any atom is 0.304 e. The summed E-state index contributed by atoms with van der Waals surface area (Å²) in [6.07, 6.45) is -0.0110. The van der Waals surface area contributed by atoms with Gasteiger partial charge in [0.2, 0.25) is 5.91 Å². The van der Waals surface area contributed by atoms with Crippen molar-refractivity contribution in [2.24, 2.45) is 0 Å². The van der Waals surface area contributed by atoms with Gasteiger partial charge in [0.15, 0.2) is 0 Å². The summed E-state index contributed by atoms with van der Waals surface area (Å²) < 4.78 is 0. The van der Waals surface area contributed by atoms with Crippen molar-refractivity contribution in [3.63, 3.8) is 0 Å². The summed E-state index contributed by atoms with van der Waals surface area (Å²) in [5.74, 6) is -0.149. The third-order valence-corrected chi connectivity index (χ3v) is 3.17. The summed E-state index contributed by atoms with van der Waals surface area (Å²) in [6.45, 7) is 0.763. The number of aromatic nitrogens is 1. The van der Waals surface area contributed by atoms with Crippen LogP contribution in [0, 0.1) is 0 Å². The first-order valence-electron chi connectivity index (χ1n) is 5.01. The number of nitrogens with one attached hydrogen (secondary N) is 3. The molecule has 2 atom stereocenters. The summed E-state index contributed by atoms with van der Waals surface area (Å²) in [4.78, 5) is 24.9. The predicted molar refractivity (Wildman–Crippen MR) is 59.2 cm³/mol. The van der Waals surface area contributed by atoms with Gasteiger partial charge in [-0.15, -0.1) is 0 Å². The number of rotatable bonds is 3. The second-order valence-corrected chi connectivity index (χ2v) is 4.58. The Morgan fingerprint density at radius 1 is 1.69 bits per heavy atom. The van der Waals surface area contributed by atoms with Crippen LogP contribution in [-0.4, -0.2) is 34.7 Å². The van der Waals surface area contributed by atoms with Crippen LogP contribution in [0.1, 0.15) is 12.1 Å². The standard InChI is InChI=1S/C9H13N3O3S/c13-6-1-7(10-3-6)8(14)11-2-5-4-16-9(15)12-5/h4,6-7,10,13H,1-3H2,(H,11,14)(H,12,15). The van der Waals surface area contributed by atoms with Crippen molar-refractivity contribution >= 4 is 17.2 Å². The van der Waals surface area contributed by atoms with Crippen molar-refractivity contribution in [2.75, 3.05) is 6.54 Å². The Morgan fingerprint density at radius 2 is 2.50 bits per heavy atom. The van der Waals surface area contributed by atoms with E-state index in [0.717, 1.165) is 11.3 Å². The molecule has 0 saturated carbocycles. The molecule has 1 saturated heterocycles. The number of carbonyl (C=O) groups excluding carboxylic acids is 1. The molecule has 1 aromatic rings. The minimum atomic E-state index is -0.447. The van der Waals surface area contributed by atoms with Gasteiger partial charge in [-0.05, 0) is 6.42 Å². The average Bonchev–Trinajstić information content (AvgIpc) is 2.84. The van der Waals surface area contributed by atoms with Gasteiger partial charge in [0.1, 0.15) is 0 Å². The van der Waals surface area contributed by atoms with E-state index in [9.17, 15) is 14.7 Å². The summed E-state index contributed by atoms with van der Waals surface area (Å²) in [5, 5.41) is 16.5. The summed E-state index contributed by atoms with van der Waals surface area (Å²) in [6, 6.07) is -0.333. The van der Waals surface area contributed by atoms with Gasteiger partial charge in [0, 0.05) is 17.6 Å². The highest BCUT2D eigenvalue weighted by atomic mass is 32.1. The maximum absolute atomic E-state index is 11.6. The number of aromatic amines is 1. The molecular weight excluding hydrogens is 230 g/mol. The Hall–Kier alpha value is -1.18. The zero-order chi connectivity index (χ0) is 11.5. The Labute approximate surface area is 95.7 Å². The molecule has 2 unspecified atom stereocenters. The van der Waals surface area contributed by atoms with Crippen LogP contribution in [-0.2, 0) is 11.3 Å². The first kappa shape index (κ1) is 11.3. The van der Waals surface area contributed by atoms with E-state index in [2.05, 4.69) is 15.6 Å². The third kappa shape index (κ3) is 2.69. The average molecular weight is 243 g/mol. The molecule has 88 valence electrons. The van der Waals surface area contributed by atoms with Gasteiger partial charge in [-0.1, -0.05) is 11.3 Å². The van der Waals surface area contributed by atoms with E-state index in [1.54, 1.807) is 5.38 Å². The number of thiazole rings is 1. The van der Waals surface area contributed by atoms with Crippen LogP contribution in [0.5, 0.6) is 0 Å². The molecule has 0 bridgehead atoms. The van der Waals surface area contributed by atoms with E-state index >= 15 is 0 Å². The number of H-pyrrole nitrogens is 1. The highest BCUT2D eigenvalue weighted by molar-refractivity contribution is 7.07. The van der Waals surface area contributed by atoms with Crippen molar-refractivity contribution in [1.29, 1.82) is 0 Å². The smallest absolute Gasteiger partial charge is 0.304 e. The van der Waals surface area contributed by atoms with Crippen LogP contribution in [0.4, 0.5) is 0 Å². The van der Waals surface area contributed by atoms with E-state index < -0.39 is 6.10 Å². The number of β-amino-alcohol motifs (C(OH)–C–C–N with tert-alkyl or cyclic N) is 1. The van der Waals surface area contributed by atoms with Gasteiger partial charge in [0.05, 0.1) is 18.7 Å². The first-order valence-corrected chi connectivity index (χ1v) is 5.89. The molecular formula is C9H13N3O3S. The molecule has 1 aliphatic rings. The van der Waals surface area contributed by atoms with Gasteiger partial charge in [-0.25, -0.2) is 0 Å². The Morgan fingerprint density at radius 3 is 3.06 bits per heavy atom. The fraction of sp³-hybridized carbons (Fsp3) is 0.556. The van der Waals surface area contributed by atoms with Gasteiger partial charge in [0.25, 0.3) is 0 Å². The fourth-order valence-electron chi connectivity index (χ4n) is 1.62. The lowest BCUT2D eigenvalue weighted by Gasteiger charge is -2.09. The zero-order valence-electron chi connectivity index (χ0n) is 8.53. The highest BCUT2D eigenvalue weighted by Crippen LogP contribution is 2.06. The van der Waals surface area contributed by atoms with E-state index in [4.69, 9.17) is 0 Å². The molecule has 2 heterocycles. The summed E-state index contributed by atoms with van der Waals surface area (Å²) in [7, 11) is 0. The predicted octanol–water partition coefficient (Wildman–Crippen LogP) is -1.22. The minimum Gasteiger partial charge on any atom is -0.392 e. The third-order valence-electron chi connectivity index (χ3n) is 2.45. The van der Waals surface area contributed by atoms with Gasteiger partial charge in [-0.2, -0.15) is 0 Å². The molecule has 6 nitrogen and oxygen atoms in total. The van der Waals surface area contributed by atoms with Gasteiger partial charge < -0.3 is 20.7 Å². The van der Waals surface area contributed by atoms with E-state index in [1.165, 1.54) is 0 Å². The largest absolute Gasteiger partial charge is 0.392 e. The van der Waals surface area contributed by atoms with Crippen LogP contribution < -0.4 is 15.5 Å². The second-order valence-electron chi connectivity index (χ2n) is 3.74. The van der Waals surface area contributed by atoms with Gasteiger partial charge in [-0.3, -0.25) is 9.59 Å². The van der Waals surface area contributed by atoms with Crippen molar-refractivity contribution in [3.8, 4) is 0 Å². The Bertz CT molecular complexity index is 428. The Balaban J connectivity index is 1.82. The molecule has 0 aliphatic carbocycles. The normalized spacial score (nSPS) is 24.6. The number of hydrogen-bond donors (Lipinski definition) is 4. The topological polar surface area (TPSA) is 94.2 Å². The Kier molecular flexibility index (Phi) is 3.37. The van der Waals surface area contributed by atoms with Crippen molar-refractivity contribution in [2.45, 2.75) is 25.1 Å².